The minimum absolute atomic E-state index is 0.330. The molecule has 11 heteroatoms. The zero-order chi connectivity index (χ0) is 23.1. The van der Waals surface area contributed by atoms with Crippen LogP contribution in [0.4, 0.5) is 37.7 Å². The monoisotopic (exact) mass is 444 g/mol. The average molecular weight is 444 g/mol. The van der Waals surface area contributed by atoms with Crippen molar-refractivity contribution in [1.82, 2.24) is 0 Å². The van der Waals surface area contributed by atoms with Crippen molar-refractivity contribution in [3.05, 3.63) is 73.1 Å². The van der Waals surface area contributed by atoms with Gasteiger partial charge in [0.1, 0.15) is 11.5 Å². The fraction of sp³-hybridized carbons (Fsp3) is 0.100. The van der Waals surface area contributed by atoms with Gasteiger partial charge in [0.05, 0.1) is 0 Å². The molecular weight excluding hydrogens is 430 g/mol. The molecule has 2 N–H and O–H groups in total. The predicted octanol–water partition coefficient (Wildman–Crippen LogP) is 5.59. The van der Waals surface area contributed by atoms with Crippen molar-refractivity contribution in [2.45, 2.75) is 12.4 Å². The highest BCUT2D eigenvalue weighted by Crippen LogP contribution is 2.26. The van der Waals surface area contributed by atoms with E-state index in [1.54, 1.807) is 12.1 Å². The topological polar surface area (TPSA) is 67.4 Å². The Morgan fingerprint density at radius 2 is 1.23 bits per heavy atom. The molecule has 0 fully saturated rings. The second-order valence-corrected chi connectivity index (χ2v) is 5.83. The Morgan fingerprint density at radius 1 is 0.710 bits per heavy atom. The first-order valence-electron chi connectivity index (χ1n) is 8.41. The molecule has 0 bridgehead atoms. The summed E-state index contributed by atoms with van der Waals surface area (Å²) in [5.74, 6) is -3.30. The number of alkyl halides is 6. The summed E-state index contributed by atoms with van der Waals surface area (Å²) in [4.78, 5) is 21.5. The Morgan fingerprint density at radius 3 is 1.74 bits per heavy atom. The molecule has 0 saturated heterocycles. The number of carbonyl (C=O) groups is 2. The van der Waals surface area contributed by atoms with Gasteiger partial charge >= 0.3 is 12.4 Å². The van der Waals surface area contributed by atoms with Crippen LogP contribution in [0, 0.1) is 0 Å². The molecule has 2 rings (SSSR count). The Balaban J connectivity index is 1.94. The highest BCUT2D eigenvalue weighted by Gasteiger charge is 2.36. The van der Waals surface area contributed by atoms with Crippen LogP contribution in [0.5, 0.6) is 11.5 Å². The molecule has 2 aromatic carbocycles. The number of hydrogen-bond donors (Lipinski definition) is 2. The molecule has 0 atom stereocenters. The molecule has 0 amide bonds. The molecule has 0 radical (unpaired) electrons. The average Bonchev–Trinajstić information content (AvgIpc) is 2.68. The molecule has 0 heterocycles. The van der Waals surface area contributed by atoms with E-state index in [-0.39, 0.29) is 0 Å². The number of hydrogen-bond acceptors (Lipinski definition) is 5. The minimum Gasteiger partial charge on any atom is -0.457 e. The Hall–Kier alpha value is -3.76. The Labute approximate surface area is 172 Å². The summed E-state index contributed by atoms with van der Waals surface area (Å²) >= 11 is 0. The maximum atomic E-state index is 12.1. The van der Waals surface area contributed by atoms with Crippen LogP contribution in [-0.4, -0.2) is 23.9 Å². The maximum Gasteiger partial charge on any atom is 0.454 e. The van der Waals surface area contributed by atoms with Gasteiger partial charge in [-0.25, -0.2) is 0 Å². The van der Waals surface area contributed by atoms with E-state index in [4.69, 9.17) is 4.74 Å². The van der Waals surface area contributed by atoms with Gasteiger partial charge in [0, 0.05) is 42.0 Å². The zero-order valence-corrected chi connectivity index (χ0v) is 15.4. The highest BCUT2D eigenvalue weighted by molar-refractivity contribution is 5.95. The molecule has 2 aromatic rings. The third-order valence-electron chi connectivity index (χ3n) is 3.45. The van der Waals surface area contributed by atoms with Crippen molar-refractivity contribution >= 4 is 22.9 Å². The number of ketones is 2. The summed E-state index contributed by atoms with van der Waals surface area (Å²) in [5.41, 5.74) is 0.759. The molecular formula is C20H14F6N2O3. The predicted molar refractivity (Wildman–Crippen MR) is 101 cm³/mol. The quantitative estimate of drug-likeness (QED) is 0.410. The van der Waals surface area contributed by atoms with Crippen LogP contribution in [0.25, 0.3) is 0 Å². The van der Waals surface area contributed by atoms with Crippen molar-refractivity contribution in [1.29, 1.82) is 0 Å². The molecule has 0 aromatic heterocycles. The van der Waals surface area contributed by atoms with Gasteiger partial charge < -0.3 is 15.4 Å². The van der Waals surface area contributed by atoms with E-state index in [1.165, 1.54) is 36.4 Å². The highest BCUT2D eigenvalue weighted by atomic mass is 19.4. The lowest BCUT2D eigenvalue weighted by molar-refractivity contribution is -0.165. The summed E-state index contributed by atoms with van der Waals surface area (Å²) in [6.07, 6.45) is -7.46. The van der Waals surface area contributed by atoms with Crippen LogP contribution < -0.4 is 15.4 Å². The summed E-state index contributed by atoms with van der Waals surface area (Å²) in [6.45, 7) is 0. The number of allylic oxidation sites excluding steroid dienone is 2. The van der Waals surface area contributed by atoms with Gasteiger partial charge in [-0.05, 0) is 36.4 Å². The van der Waals surface area contributed by atoms with Crippen LogP contribution >= 0.6 is 0 Å². The summed E-state index contributed by atoms with van der Waals surface area (Å²) < 4.78 is 78.3. The van der Waals surface area contributed by atoms with Gasteiger partial charge in [0.15, 0.2) is 0 Å². The smallest absolute Gasteiger partial charge is 0.454 e. The Kier molecular flexibility index (Phi) is 7.46. The molecule has 31 heavy (non-hydrogen) atoms. The SMILES string of the molecule is O=C(/C=C/Nc1ccc(Oc2cccc(N/C=C/C(=O)C(F)(F)F)c2)cc1)C(F)(F)F. The molecule has 0 aliphatic carbocycles. The van der Waals surface area contributed by atoms with E-state index in [2.05, 4.69) is 10.6 Å². The second kappa shape index (κ2) is 9.83. The third-order valence-corrected chi connectivity index (χ3v) is 3.45. The maximum absolute atomic E-state index is 12.1. The number of rotatable bonds is 8. The molecule has 0 aliphatic heterocycles. The number of benzene rings is 2. The molecule has 0 saturated carbocycles. The first-order valence-corrected chi connectivity index (χ1v) is 8.41. The molecule has 0 aliphatic rings. The van der Waals surface area contributed by atoms with Gasteiger partial charge in [-0.1, -0.05) is 6.07 Å². The Bertz CT molecular complexity index is 980. The number of nitrogens with one attached hydrogen (secondary N) is 2. The van der Waals surface area contributed by atoms with Crippen molar-refractivity contribution in [2.75, 3.05) is 10.6 Å². The van der Waals surface area contributed by atoms with Gasteiger partial charge in [-0.3, -0.25) is 9.59 Å². The molecule has 5 nitrogen and oxygen atoms in total. The van der Waals surface area contributed by atoms with Gasteiger partial charge in [0.25, 0.3) is 11.6 Å². The van der Waals surface area contributed by atoms with E-state index >= 15 is 0 Å². The molecule has 0 spiro atoms. The van der Waals surface area contributed by atoms with Gasteiger partial charge in [-0.15, -0.1) is 0 Å². The van der Waals surface area contributed by atoms with Gasteiger partial charge in [-0.2, -0.15) is 26.3 Å². The first-order chi connectivity index (χ1) is 14.4. The number of ether oxygens (including phenoxy) is 1. The van der Waals surface area contributed by atoms with Crippen molar-refractivity contribution < 1.29 is 40.7 Å². The summed E-state index contributed by atoms with van der Waals surface area (Å²) in [7, 11) is 0. The van der Waals surface area contributed by atoms with Gasteiger partial charge in [0.2, 0.25) is 0 Å². The lowest BCUT2D eigenvalue weighted by Crippen LogP contribution is -2.20. The van der Waals surface area contributed by atoms with Crippen LogP contribution in [-0.2, 0) is 9.59 Å². The largest absolute Gasteiger partial charge is 0.457 e. The van der Waals surface area contributed by atoms with E-state index in [0.29, 0.717) is 35.0 Å². The normalized spacial score (nSPS) is 12.2. The third kappa shape index (κ3) is 7.88. The van der Waals surface area contributed by atoms with Crippen LogP contribution in [0.15, 0.2) is 73.1 Å². The second-order valence-electron chi connectivity index (χ2n) is 5.83. The van der Waals surface area contributed by atoms with E-state index in [1.807, 2.05) is 0 Å². The minimum atomic E-state index is -4.95. The lowest BCUT2D eigenvalue weighted by Gasteiger charge is -2.09. The van der Waals surface area contributed by atoms with Crippen molar-refractivity contribution in [2.24, 2.45) is 0 Å². The number of carbonyl (C=O) groups excluding carboxylic acids is 2. The fourth-order valence-corrected chi connectivity index (χ4v) is 2.02. The van der Waals surface area contributed by atoms with Crippen molar-refractivity contribution in [3.8, 4) is 11.5 Å². The van der Waals surface area contributed by atoms with Crippen LogP contribution in [0.1, 0.15) is 0 Å². The fourth-order valence-electron chi connectivity index (χ4n) is 2.02. The lowest BCUT2D eigenvalue weighted by atomic mass is 10.2. The van der Waals surface area contributed by atoms with Crippen LogP contribution in [0.3, 0.4) is 0 Å². The zero-order valence-electron chi connectivity index (χ0n) is 15.4. The number of halogens is 6. The van der Waals surface area contributed by atoms with E-state index < -0.39 is 23.9 Å². The summed E-state index contributed by atoms with van der Waals surface area (Å²) in [6, 6.07) is 12.1. The van der Waals surface area contributed by atoms with E-state index in [9.17, 15) is 35.9 Å². The first kappa shape index (κ1) is 23.5. The van der Waals surface area contributed by atoms with Crippen molar-refractivity contribution in [3.63, 3.8) is 0 Å². The van der Waals surface area contributed by atoms with Crippen LogP contribution in [0.2, 0.25) is 0 Å². The summed E-state index contributed by atoms with van der Waals surface area (Å²) in [5, 5.41) is 5.03. The standard InChI is InChI=1S/C20H14F6N2O3/c21-19(22,23)17(29)8-10-27-13-4-6-15(7-5-13)31-16-3-1-2-14(12-16)28-11-9-18(30)20(24,25)26/h1-12,27-28H/b10-8+,11-9+. The molecule has 0 unspecified atom stereocenters. The van der Waals surface area contributed by atoms with E-state index in [0.717, 1.165) is 12.4 Å². The molecule has 164 valence electrons. The number of anilines is 2.